The molecule has 1 atom stereocenters. The Morgan fingerprint density at radius 3 is 2.68 bits per heavy atom. The van der Waals surface area contributed by atoms with Crippen LogP contribution in [0.15, 0.2) is 41.8 Å². The van der Waals surface area contributed by atoms with E-state index in [-0.39, 0.29) is 24.2 Å². The van der Waals surface area contributed by atoms with Crippen molar-refractivity contribution in [1.82, 2.24) is 4.90 Å². The maximum Gasteiger partial charge on any atom is 0.573 e. The lowest BCUT2D eigenvalue weighted by Gasteiger charge is -2.24. The van der Waals surface area contributed by atoms with Gasteiger partial charge in [0.25, 0.3) is 0 Å². The molecule has 1 fully saturated rings. The largest absolute Gasteiger partial charge is 0.573 e. The van der Waals surface area contributed by atoms with Crippen molar-refractivity contribution in [3.05, 3.63) is 46.7 Å². The standard InChI is InChI=1S/C17H17F3N2O2S/c18-17(19,20)24-13-7-5-12(6-8-13)21-11-16(23)22-9-1-3-14(22)15-4-2-10-25-15/h2,4-8,10,14,21H,1,3,9,11H2/t14-/m0/s1. The number of ether oxygens (including phenoxy) is 1. The molecule has 0 bridgehead atoms. The van der Waals surface area contributed by atoms with Crippen molar-refractivity contribution in [2.45, 2.75) is 25.2 Å². The fourth-order valence-electron chi connectivity index (χ4n) is 2.90. The minimum Gasteiger partial charge on any atom is -0.406 e. The van der Waals surface area contributed by atoms with Crippen LogP contribution in [0.3, 0.4) is 0 Å². The van der Waals surface area contributed by atoms with Crippen molar-refractivity contribution in [2.75, 3.05) is 18.4 Å². The average molecular weight is 370 g/mol. The Labute approximate surface area is 147 Å². The molecule has 0 unspecified atom stereocenters. The van der Waals surface area contributed by atoms with Gasteiger partial charge in [-0.2, -0.15) is 0 Å². The first kappa shape index (κ1) is 17.6. The van der Waals surface area contributed by atoms with Crippen LogP contribution in [0.5, 0.6) is 5.75 Å². The van der Waals surface area contributed by atoms with Gasteiger partial charge in [0.2, 0.25) is 5.91 Å². The summed E-state index contributed by atoms with van der Waals surface area (Å²) in [5.74, 6) is -0.312. The molecule has 2 aromatic rings. The molecule has 0 spiro atoms. The minimum absolute atomic E-state index is 0.0217. The molecule has 1 amide bonds. The number of likely N-dealkylation sites (tertiary alicyclic amines) is 1. The first-order valence-corrected chi connectivity index (χ1v) is 8.73. The third-order valence-electron chi connectivity index (χ3n) is 3.98. The molecule has 1 aromatic carbocycles. The third kappa shape index (κ3) is 4.66. The summed E-state index contributed by atoms with van der Waals surface area (Å²) in [5, 5.41) is 4.95. The zero-order chi connectivity index (χ0) is 17.9. The first-order valence-electron chi connectivity index (χ1n) is 7.85. The maximum atomic E-state index is 12.5. The van der Waals surface area contributed by atoms with Crippen molar-refractivity contribution in [3.8, 4) is 5.75 Å². The summed E-state index contributed by atoms with van der Waals surface area (Å²) in [6, 6.07) is 9.47. The smallest absolute Gasteiger partial charge is 0.406 e. The van der Waals surface area contributed by atoms with Gasteiger partial charge in [0.15, 0.2) is 0 Å². The van der Waals surface area contributed by atoms with E-state index in [1.807, 2.05) is 22.4 Å². The fraction of sp³-hybridized carbons (Fsp3) is 0.353. The van der Waals surface area contributed by atoms with Crippen LogP contribution >= 0.6 is 11.3 Å². The Morgan fingerprint density at radius 1 is 1.28 bits per heavy atom. The summed E-state index contributed by atoms with van der Waals surface area (Å²) in [6.07, 6.45) is -2.79. The van der Waals surface area contributed by atoms with Gasteiger partial charge in [-0.15, -0.1) is 24.5 Å². The second-order valence-corrected chi connectivity index (χ2v) is 6.67. The molecule has 0 radical (unpaired) electrons. The number of alkyl halides is 3. The molecular formula is C17H17F3N2O2S. The number of nitrogens with zero attached hydrogens (tertiary/aromatic N) is 1. The number of thiophene rings is 1. The highest BCUT2D eigenvalue weighted by atomic mass is 32.1. The lowest BCUT2D eigenvalue weighted by Crippen LogP contribution is -2.34. The van der Waals surface area contributed by atoms with Gasteiger partial charge in [0, 0.05) is 17.1 Å². The van der Waals surface area contributed by atoms with Gasteiger partial charge in [-0.3, -0.25) is 4.79 Å². The van der Waals surface area contributed by atoms with E-state index in [1.54, 1.807) is 11.3 Å². The SMILES string of the molecule is O=C(CNc1ccc(OC(F)(F)F)cc1)N1CCC[C@H]1c1cccs1. The van der Waals surface area contributed by atoms with Crippen molar-refractivity contribution in [1.29, 1.82) is 0 Å². The van der Waals surface area contributed by atoms with Gasteiger partial charge < -0.3 is 15.0 Å². The fourth-order valence-corrected chi connectivity index (χ4v) is 3.77. The Balaban J connectivity index is 1.55. The number of anilines is 1. The molecule has 1 saturated heterocycles. The van der Waals surface area contributed by atoms with Gasteiger partial charge in [-0.05, 0) is 48.6 Å². The van der Waals surface area contributed by atoms with Crippen LogP contribution in [0.25, 0.3) is 0 Å². The van der Waals surface area contributed by atoms with Gasteiger partial charge in [0.05, 0.1) is 12.6 Å². The number of benzene rings is 1. The Morgan fingerprint density at radius 2 is 2.04 bits per heavy atom. The van der Waals surface area contributed by atoms with Gasteiger partial charge in [-0.1, -0.05) is 6.07 Å². The quantitative estimate of drug-likeness (QED) is 0.847. The zero-order valence-corrected chi connectivity index (χ0v) is 14.1. The second kappa shape index (κ2) is 7.35. The van der Waals surface area contributed by atoms with Gasteiger partial charge in [-0.25, -0.2) is 0 Å². The Kier molecular flexibility index (Phi) is 5.17. The number of hydrogen-bond donors (Lipinski definition) is 1. The number of amides is 1. The van der Waals surface area contributed by atoms with Crippen molar-refractivity contribution < 1.29 is 22.7 Å². The van der Waals surface area contributed by atoms with Crippen LogP contribution in [0, 0.1) is 0 Å². The van der Waals surface area contributed by atoms with E-state index in [1.165, 1.54) is 29.1 Å². The predicted molar refractivity (Wildman–Crippen MR) is 89.6 cm³/mol. The van der Waals surface area contributed by atoms with Crippen molar-refractivity contribution in [3.63, 3.8) is 0 Å². The number of rotatable bonds is 5. The summed E-state index contributed by atoms with van der Waals surface area (Å²) in [4.78, 5) is 15.5. The maximum absolute atomic E-state index is 12.5. The molecule has 134 valence electrons. The second-order valence-electron chi connectivity index (χ2n) is 5.69. The average Bonchev–Trinajstić information content (AvgIpc) is 3.23. The Hall–Kier alpha value is -2.22. The van der Waals surface area contributed by atoms with E-state index < -0.39 is 6.36 Å². The molecule has 2 heterocycles. The van der Waals surface area contributed by atoms with E-state index in [0.29, 0.717) is 5.69 Å². The van der Waals surface area contributed by atoms with E-state index in [9.17, 15) is 18.0 Å². The number of carbonyl (C=O) groups excluding carboxylic acids is 1. The summed E-state index contributed by atoms with van der Waals surface area (Å²) in [5.41, 5.74) is 0.565. The zero-order valence-electron chi connectivity index (χ0n) is 13.3. The minimum atomic E-state index is -4.71. The molecule has 3 rings (SSSR count). The predicted octanol–water partition coefficient (Wildman–Crippen LogP) is 4.42. The lowest BCUT2D eigenvalue weighted by atomic mass is 10.2. The lowest BCUT2D eigenvalue weighted by molar-refractivity contribution is -0.274. The first-order chi connectivity index (χ1) is 11.9. The summed E-state index contributed by atoms with van der Waals surface area (Å²) in [7, 11) is 0. The Bertz CT molecular complexity index is 702. The van der Waals surface area contributed by atoms with E-state index in [4.69, 9.17) is 0 Å². The van der Waals surface area contributed by atoms with E-state index in [2.05, 4.69) is 10.1 Å². The number of halogens is 3. The highest BCUT2D eigenvalue weighted by Gasteiger charge is 2.31. The van der Waals surface area contributed by atoms with Gasteiger partial charge >= 0.3 is 6.36 Å². The van der Waals surface area contributed by atoms with Crippen LogP contribution in [0.4, 0.5) is 18.9 Å². The van der Waals surface area contributed by atoms with Crippen molar-refractivity contribution >= 4 is 22.9 Å². The summed E-state index contributed by atoms with van der Waals surface area (Å²) >= 11 is 1.64. The van der Waals surface area contributed by atoms with E-state index >= 15 is 0 Å². The molecule has 0 saturated carbocycles. The van der Waals surface area contributed by atoms with Crippen LogP contribution in [0.2, 0.25) is 0 Å². The molecule has 25 heavy (non-hydrogen) atoms. The molecule has 0 aliphatic carbocycles. The van der Waals surface area contributed by atoms with E-state index in [0.717, 1.165) is 19.4 Å². The molecule has 1 aromatic heterocycles. The molecule has 4 nitrogen and oxygen atoms in total. The van der Waals surface area contributed by atoms with Crippen LogP contribution < -0.4 is 10.1 Å². The molecule has 1 aliphatic heterocycles. The summed E-state index contributed by atoms with van der Waals surface area (Å²) < 4.78 is 40.2. The van der Waals surface area contributed by atoms with Crippen molar-refractivity contribution in [2.24, 2.45) is 0 Å². The third-order valence-corrected chi connectivity index (χ3v) is 4.95. The molecule has 1 aliphatic rings. The summed E-state index contributed by atoms with van der Waals surface area (Å²) in [6.45, 7) is 0.822. The molecule has 1 N–H and O–H groups in total. The topological polar surface area (TPSA) is 41.6 Å². The van der Waals surface area contributed by atoms with Gasteiger partial charge in [0.1, 0.15) is 5.75 Å². The van der Waals surface area contributed by atoms with Crippen LogP contribution in [-0.4, -0.2) is 30.3 Å². The number of nitrogens with one attached hydrogen (secondary N) is 1. The molecule has 8 heteroatoms. The number of carbonyl (C=O) groups is 1. The monoisotopic (exact) mass is 370 g/mol. The molecular weight excluding hydrogens is 353 g/mol. The normalized spacial score (nSPS) is 17.6. The van der Waals surface area contributed by atoms with Crippen LogP contribution in [-0.2, 0) is 4.79 Å². The van der Waals surface area contributed by atoms with Crippen LogP contribution in [0.1, 0.15) is 23.8 Å². The number of hydrogen-bond acceptors (Lipinski definition) is 4. The highest BCUT2D eigenvalue weighted by molar-refractivity contribution is 7.10. The highest BCUT2D eigenvalue weighted by Crippen LogP contribution is 2.34.